The van der Waals surface area contributed by atoms with Crippen LogP contribution in [0, 0.1) is 5.92 Å². The molecule has 1 aliphatic rings. The second kappa shape index (κ2) is 16.8. The van der Waals surface area contributed by atoms with Gasteiger partial charge in [0.1, 0.15) is 0 Å². The van der Waals surface area contributed by atoms with Gasteiger partial charge in [-0.25, -0.2) is 0 Å². The number of ether oxygens (including phenoxy) is 3. The van der Waals surface area contributed by atoms with Crippen LogP contribution in [0.25, 0.3) is 11.1 Å². The zero-order valence-electron chi connectivity index (χ0n) is 28.1. The first-order valence-electron chi connectivity index (χ1n) is 16.2. The monoisotopic (exact) mass is 682 g/mol. The van der Waals surface area contributed by atoms with Gasteiger partial charge in [0.05, 0.1) is 18.8 Å². The van der Waals surface area contributed by atoms with Crippen molar-refractivity contribution in [2.45, 2.75) is 70.3 Å². The molecule has 1 aliphatic heterocycles. The van der Waals surface area contributed by atoms with Crippen molar-refractivity contribution in [3.05, 3.63) is 119 Å². The van der Waals surface area contributed by atoms with Crippen LogP contribution in [0.5, 0.6) is 0 Å². The van der Waals surface area contributed by atoms with Gasteiger partial charge in [-0.1, -0.05) is 67.6 Å². The Morgan fingerprint density at radius 3 is 2.22 bits per heavy atom. The zero-order valence-corrected chi connectivity index (χ0v) is 28.9. The Hall–Kier alpha value is -4.48. The molecule has 4 aromatic rings. The largest absolute Gasteiger partial charge is 0.453 e. The average molecular weight is 683 g/mol. The number of hydrogen-bond acceptors (Lipinski definition) is 8. The minimum Gasteiger partial charge on any atom is -0.453 e. The van der Waals surface area contributed by atoms with E-state index in [1.165, 1.54) is 13.8 Å². The summed E-state index contributed by atoms with van der Waals surface area (Å²) in [4.78, 5) is 36.1. The molecule has 4 aromatic carbocycles. The molecule has 0 spiro atoms. The second-order valence-corrected chi connectivity index (χ2v) is 13.2. The molecule has 0 unspecified atom stereocenters. The number of aliphatic hydroxyl groups excluding tert-OH is 1. The maximum absolute atomic E-state index is 12.4. The average Bonchev–Trinajstić information content (AvgIpc) is 3.10. The highest BCUT2D eigenvalue weighted by Gasteiger charge is 2.38. The van der Waals surface area contributed by atoms with E-state index < -0.39 is 18.4 Å². The van der Waals surface area contributed by atoms with Gasteiger partial charge >= 0.3 is 5.97 Å². The number of benzene rings is 4. The first kappa shape index (κ1) is 35.8. The van der Waals surface area contributed by atoms with E-state index in [0.717, 1.165) is 44.0 Å². The van der Waals surface area contributed by atoms with Gasteiger partial charge < -0.3 is 30.0 Å². The lowest BCUT2D eigenvalue weighted by molar-refractivity contribution is -0.268. The van der Waals surface area contributed by atoms with Crippen molar-refractivity contribution in [3.63, 3.8) is 0 Å². The van der Waals surface area contributed by atoms with Crippen LogP contribution in [0.15, 0.2) is 102 Å². The number of aliphatic hydroxyl groups is 1. The number of carbonyl (C=O) groups excluding carboxylic acids is 3. The fourth-order valence-corrected chi connectivity index (χ4v) is 6.75. The molecule has 256 valence electrons. The third-order valence-electron chi connectivity index (χ3n) is 8.31. The summed E-state index contributed by atoms with van der Waals surface area (Å²) >= 11 is 1.69. The van der Waals surface area contributed by atoms with Gasteiger partial charge in [0.25, 0.3) is 5.91 Å². The number of thioether (sulfide) groups is 1. The van der Waals surface area contributed by atoms with E-state index in [1.807, 2.05) is 91.0 Å². The minimum absolute atomic E-state index is 0.0269. The Kier molecular flexibility index (Phi) is 12.2. The quantitative estimate of drug-likeness (QED) is 0.108. The smallest absolute Gasteiger partial charge is 0.303 e. The van der Waals surface area contributed by atoms with E-state index in [2.05, 4.69) is 23.6 Å². The first-order chi connectivity index (χ1) is 23.6. The van der Waals surface area contributed by atoms with Crippen LogP contribution >= 0.6 is 11.8 Å². The highest BCUT2D eigenvalue weighted by molar-refractivity contribution is 7.99. The van der Waals surface area contributed by atoms with E-state index >= 15 is 0 Å². The van der Waals surface area contributed by atoms with Crippen molar-refractivity contribution in [2.24, 2.45) is 5.92 Å². The SMILES string of the molecule is CC(=O)Nc1ccc(SC[C@@H]2O[C@H](c3cccc(-c4cccc(CNC(=O)[C@H](C)OC(C)=O)c4)c3)O[C@H](c3ccc(CO)cc3)[C@@H]2C)cc1. The number of amides is 2. The molecule has 5 rings (SSSR count). The predicted molar refractivity (Wildman–Crippen MR) is 189 cm³/mol. The molecule has 0 bridgehead atoms. The van der Waals surface area contributed by atoms with Gasteiger partial charge in [0, 0.05) is 48.2 Å². The molecule has 2 amide bonds. The summed E-state index contributed by atoms with van der Waals surface area (Å²) in [5.74, 6) is -0.257. The van der Waals surface area contributed by atoms with Crippen LogP contribution in [0.3, 0.4) is 0 Å². The molecule has 0 aromatic heterocycles. The van der Waals surface area contributed by atoms with Crippen molar-refractivity contribution in [1.29, 1.82) is 0 Å². The number of anilines is 1. The summed E-state index contributed by atoms with van der Waals surface area (Å²) < 4.78 is 18.4. The fraction of sp³-hybridized carbons (Fsp3) is 0.308. The zero-order chi connectivity index (χ0) is 34.9. The Balaban J connectivity index is 1.35. The van der Waals surface area contributed by atoms with Crippen LogP contribution in [0.2, 0.25) is 0 Å². The summed E-state index contributed by atoms with van der Waals surface area (Å²) in [6.07, 6.45) is -1.89. The Bertz CT molecular complexity index is 1750. The van der Waals surface area contributed by atoms with Crippen molar-refractivity contribution in [2.75, 3.05) is 11.1 Å². The van der Waals surface area contributed by atoms with Gasteiger partial charge in [0.15, 0.2) is 12.4 Å². The molecule has 0 aliphatic carbocycles. The maximum Gasteiger partial charge on any atom is 0.303 e. The molecule has 1 saturated heterocycles. The third kappa shape index (κ3) is 9.79. The summed E-state index contributed by atoms with van der Waals surface area (Å²) in [5.41, 5.74) is 6.33. The van der Waals surface area contributed by atoms with Gasteiger partial charge in [-0.15, -0.1) is 11.8 Å². The Labute approximate surface area is 291 Å². The fourth-order valence-electron chi connectivity index (χ4n) is 5.69. The van der Waals surface area contributed by atoms with Crippen molar-refractivity contribution in [3.8, 4) is 11.1 Å². The molecule has 0 saturated carbocycles. The molecule has 10 heteroatoms. The van der Waals surface area contributed by atoms with Crippen molar-refractivity contribution >= 4 is 35.2 Å². The van der Waals surface area contributed by atoms with E-state index in [-0.39, 0.29) is 43.1 Å². The molecule has 1 heterocycles. The number of carbonyl (C=O) groups is 3. The first-order valence-corrected chi connectivity index (χ1v) is 17.2. The maximum atomic E-state index is 12.4. The summed E-state index contributed by atoms with van der Waals surface area (Å²) in [5, 5.41) is 15.2. The van der Waals surface area contributed by atoms with Crippen LogP contribution < -0.4 is 10.6 Å². The molecule has 9 nitrogen and oxygen atoms in total. The normalized spacial score (nSPS) is 19.4. The standard InChI is InChI=1S/C39H42N2O7S/c1-24-36(23-49-35-17-15-34(16-18-35)41-26(3)43)47-39(48-37(24)30-13-11-28(22-42)12-14-30)33-10-6-9-32(20-33)31-8-5-7-29(19-31)21-40-38(45)25(2)46-27(4)44/h5-20,24-25,36-37,39,42H,21-23H2,1-4H3,(H,40,45)(H,41,43)/t24-,25+,36+,37+,39+/m1/s1. The molecule has 0 radical (unpaired) electrons. The lowest BCUT2D eigenvalue weighted by Crippen LogP contribution is -2.38. The van der Waals surface area contributed by atoms with Crippen LogP contribution in [0.1, 0.15) is 62.3 Å². The van der Waals surface area contributed by atoms with Crippen LogP contribution in [-0.4, -0.2) is 40.9 Å². The molecular formula is C39H42N2O7S. The predicted octanol–water partition coefficient (Wildman–Crippen LogP) is 6.96. The molecule has 5 atom stereocenters. The lowest BCUT2D eigenvalue weighted by atomic mass is 9.91. The highest BCUT2D eigenvalue weighted by Crippen LogP contribution is 2.43. The summed E-state index contributed by atoms with van der Waals surface area (Å²) in [6.45, 7) is 6.70. The number of rotatable bonds is 12. The Morgan fingerprint density at radius 2 is 1.55 bits per heavy atom. The van der Waals surface area contributed by atoms with Crippen LogP contribution in [0.4, 0.5) is 5.69 Å². The minimum atomic E-state index is -0.871. The van der Waals surface area contributed by atoms with Gasteiger partial charge in [0.2, 0.25) is 5.91 Å². The topological polar surface area (TPSA) is 123 Å². The van der Waals surface area contributed by atoms with Crippen LogP contribution in [-0.2, 0) is 41.7 Å². The number of nitrogens with one attached hydrogen (secondary N) is 2. The molecule has 3 N–H and O–H groups in total. The highest BCUT2D eigenvalue weighted by atomic mass is 32.2. The third-order valence-corrected chi connectivity index (χ3v) is 9.41. The van der Waals surface area contributed by atoms with Crippen molar-refractivity contribution in [1.82, 2.24) is 5.32 Å². The van der Waals surface area contributed by atoms with E-state index in [9.17, 15) is 19.5 Å². The molecule has 1 fully saturated rings. The van der Waals surface area contributed by atoms with E-state index in [4.69, 9.17) is 14.2 Å². The van der Waals surface area contributed by atoms with Gasteiger partial charge in [-0.05, 0) is 71.1 Å². The molecule has 49 heavy (non-hydrogen) atoms. The Morgan fingerprint density at radius 1 is 0.857 bits per heavy atom. The van der Waals surface area contributed by atoms with Gasteiger partial charge in [-0.3, -0.25) is 14.4 Å². The van der Waals surface area contributed by atoms with E-state index in [1.54, 1.807) is 18.7 Å². The summed E-state index contributed by atoms with van der Waals surface area (Å²) in [6, 6.07) is 31.6. The second-order valence-electron chi connectivity index (χ2n) is 12.1. The van der Waals surface area contributed by atoms with Crippen molar-refractivity contribution < 1.29 is 33.7 Å². The number of hydrogen-bond donors (Lipinski definition) is 3. The van der Waals surface area contributed by atoms with E-state index in [0.29, 0.717) is 5.75 Å². The summed E-state index contributed by atoms with van der Waals surface area (Å²) in [7, 11) is 0. The molecular weight excluding hydrogens is 641 g/mol. The number of esters is 1. The van der Waals surface area contributed by atoms with Gasteiger partial charge in [-0.2, -0.15) is 0 Å². The lowest BCUT2D eigenvalue weighted by Gasteiger charge is -2.41.